The van der Waals surface area contributed by atoms with Gasteiger partial charge in [0.2, 0.25) is 0 Å². The standard InChI is InChI=1S/C38H75NO4/c1-6-9-12-15-18-19-22-26-31-36(43-37(40)32-27-23-28-33-39(4)5)34-42-38(41)35(29-24-20-16-13-10-7-2)30-25-21-17-14-11-8-3/h35-36H,6-34H2,1-5H3. The number of ether oxygens (including phenoxy) is 2. The Balaban J connectivity index is 4.85. The van der Waals surface area contributed by atoms with Gasteiger partial charge in [0.05, 0.1) is 5.92 Å². The van der Waals surface area contributed by atoms with Crippen LogP contribution in [-0.2, 0) is 19.1 Å². The van der Waals surface area contributed by atoms with E-state index in [9.17, 15) is 9.59 Å². The number of carbonyl (C=O) groups is 2. The van der Waals surface area contributed by atoms with Crippen LogP contribution in [0.4, 0.5) is 0 Å². The van der Waals surface area contributed by atoms with E-state index in [1.165, 1.54) is 103 Å². The first kappa shape index (κ1) is 41.9. The van der Waals surface area contributed by atoms with Crippen molar-refractivity contribution in [2.45, 2.75) is 200 Å². The molecule has 0 saturated heterocycles. The van der Waals surface area contributed by atoms with Crippen LogP contribution in [0.1, 0.15) is 194 Å². The lowest BCUT2D eigenvalue weighted by Gasteiger charge is -2.21. The van der Waals surface area contributed by atoms with E-state index in [1.807, 2.05) is 0 Å². The lowest BCUT2D eigenvalue weighted by atomic mass is 9.94. The van der Waals surface area contributed by atoms with Crippen molar-refractivity contribution in [1.29, 1.82) is 0 Å². The molecule has 0 bridgehead atoms. The number of hydrogen-bond acceptors (Lipinski definition) is 5. The highest BCUT2D eigenvalue weighted by molar-refractivity contribution is 5.72. The highest BCUT2D eigenvalue weighted by Crippen LogP contribution is 2.22. The Kier molecular flexibility index (Phi) is 31.5. The minimum Gasteiger partial charge on any atom is -0.462 e. The SMILES string of the molecule is CCCCCCCCCCC(COC(=O)C(CCCCCCCC)CCCCCCCC)OC(=O)CCCCCN(C)C. The van der Waals surface area contributed by atoms with E-state index in [0.29, 0.717) is 6.42 Å². The number of unbranched alkanes of at least 4 members (excludes halogenated alkanes) is 19. The number of hydrogen-bond donors (Lipinski definition) is 0. The van der Waals surface area contributed by atoms with Gasteiger partial charge in [-0.1, -0.05) is 149 Å². The number of rotatable bonds is 33. The van der Waals surface area contributed by atoms with E-state index in [-0.39, 0.29) is 30.6 Å². The molecule has 0 aliphatic carbocycles. The van der Waals surface area contributed by atoms with Gasteiger partial charge in [-0.3, -0.25) is 9.59 Å². The number of carbonyl (C=O) groups excluding carboxylic acids is 2. The van der Waals surface area contributed by atoms with Crippen molar-refractivity contribution in [3.05, 3.63) is 0 Å². The maximum Gasteiger partial charge on any atom is 0.309 e. The Hall–Kier alpha value is -1.10. The average Bonchev–Trinajstić information content (AvgIpc) is 2.98. The summed E-state index contributed by atoms with van der Waals surface area (Å²) in [5, 5.41) is 0. The molecule has 0 rings (SSSR count). The molecule has 0 aromatic rings. The minimum absolute atomic E-state index is 0.0199. The summed E-state index contributed by atoms with van der Waals surface area (Å²) in [4.78, 5) is 28.2. The molecule has 0 spiro atoms. The normalized spacial score (nSPS) is 12.3. The summed E-state index contributed by atoms with van der Waals surface area (Å²) in [6.45, 7) is 8.01. The molecule has 256 valence electrons. The topological polar surface area (TPSA) is 55.8 Å². The third-order valence-corrected chi connectivity index (χ3v) is 8.72. The van der Waals surface area contributed by atoms with Crippen molar-refractivity contribution in [2.24, 2.45) is 5.92 Å². The molecule has 0 aliphatic heterocycles. The van der Waals surface area contributed by atoms with Crippen molar-refractivity contribution in [3.8, 4) is 0 Å². The average molecular weight is 610 g/mol. The van der Waals surface area contributed by atoms with Crippen LogP contribution in [0.3, 0.4) is 0 Å². The highest BCUT2D eigenvalue weighted by Gasteiger charge is 2.22. The van der Waals surface area contributed by atoms with Gasteiger partial charge in [0.25, 0.3) is 0 Å². The summed E-state index contributed by atoms with van der Waals surface area (Å²) in [5.74, 6) is -0.225. The molecule has 0 aromatic carbocycles. The fourth-order valence-corrected chi connectivity index (χ4v) is 5.82. The van der Waals surface area contributed by atoms with Crippen LogP contribution in [0.2, 0.25) is 0 Å². The highest BCUT2D eigenvalue weighted by atomic mass is 16.6. The van der Waals surface area contributed by atoms with Crippen molar-refractivity contribution >= 4 is 11.9 Å². The molecule has 0 saturated carbocycles. The van der Waals surface area contributed by atoms with E-state index in [2.05, 4.69) is 39.8 Å². The molecule has 0 aliphatic rings. The fourth-order valence-electron chi connectivity index (χ4n) is 5.82. The zero-order chi connectivity index (χ0) is 31.8. The van der Waals surface area contributed by atoms with Gasteiger partial charge in [-0.15, -0.1) is 0 Å². The molecule has 5 heteroatoms. The Labute approximate surface area is 269 Å². The van der Waals surface area contributed by atoms with Crippen LogP contribution in [0.15, 0.2) is 0 Å². The van der Waals surface area contributed by atoms with Crippen molar-refractivity contribution in [3.63, 3.8) is 0 Å². The van der Waals surface area contributed by atoms with Crippen LogP contribution in [-0.4, -0.2) is 50.2 Å². The van der Waals surface area contributed by atoms with Crippen molar-refractivity contribution in [2.75, 3.05) is 27.2 Å². The molecule has 0 radical (unpaired) electrons. The van der Waals surface area contributed by atoms with Gasteiger partial charge in [0, 0.05) is 6.42 Å². The monoisotopic (exact) mass is 610 g/mol. The molecule has 0 amide bonds. The second-order valence-electron chi connectivity index (χ2n) is 13.4. The summed E-state index contributed by atoms with van der Waals surface area (Å²) < 4.78 is 11.8. The molecule has 1 atom stereocenters. The van der Waals surface area contributed by atoms with Gasteiger partial charge in [-0.2, -0.15) is 0 Å². The summed E-state index contributed by atoms with van der Waals surface area (Å²) in [5.41, 5.74) is 0. The Morgan fingerprint density at radius 2 is 0.953 bits per heavy atom. The smallest absolute Gasteiger partial charge is 0.309 e. The molecule has 5 nitrogen and oxygen atoms in total. The first-order valence-electron chi connectivity index (χ1n) is 18.9. The zero-order valence-electron chi connectivity index (χ0n) is 29.7. The molecular weight excluding hydrogens is 534 g/mol. The second-order valence-corrected chi connectivity index (χ2v) is 13.4. The first-order chi connectivity index (χ1) is 20.9. The van der Waals surface area contributed by atoms with E-state index in [4.69, 9.17) is 9.47 Å². The summed E-state index contributed by atoms with van der Waals surface area (Å²) in [6, 6.07) is 0. The van der Waals surface area contributed by atoms with Crippen LogP contribution < -0.4 is 0 Å². The Morgan fingerprint density at radius 3 is 1.42 bits per heavy atom. The second kappa shape index (κ2) is 32.3. The lowest BCUT2D eigenvalue weighted by molar-refractivity contribution is -0.162. The lowest BCUT2D eigenvalue weighted by Crippen LogP contribution is -2.28. The minimum atomic E-state index is -0.318. The van der Waals surface area contributed by atoms with Crippen molar-refractivity contribution < 1.29 is 19.1 Å². The zero-order valence-corrected chi connectivity index (χ0v) is 29.7. The predicted molar refractivity (Wildman–Crippen MR) is 185 cm³/mol. The quantitative estimate of drug-likeness (QED) is 0.0547. The van der Waals surface area contributed by atoms with E-state index >= 15 is 0 Å². The molecule has 43 heavy (non-hydrogen) atoms. The molecule has 0 fully saturated rings. The maximum atomic E-state index is 13.3. The predicted octanol–water partition coefficient (Wildman–Crippen LogP) is 11.2. The molecule has 0 heterocycles. The molecular formula is C38H75NO4. The third kappa shape index (κ3) is 29.4. The van der Waals surface area contributed by atoms with Gasteiger partial charge < -0.3 is 14.4 Å². The Morgan fingerprint density at radius 1 is 0.535 bits per heavy atom. The van der Waals surface area contributed by atoms with Gasteiger partial charge >= 0.3 is 11.9 Å². The number of esters is 2. The maximum absolute atomic E-state index is 13.3. The largest absolute Gasteiger partial charge is 0.462 e. The summed E-state index contributed by atoms with van der Waals surface area (Å²) in [7, 11) is 4.16. The fraction of sp³-hybridized carbons (Fsp3) is 0.947. The van der Waals surface area contributed by atoms with E-state index in [1.54, 1.807) is 0 Å². The summed E-state index contributed by atoms with van der Waals surface area (Å²) in [6.07, 6.45) is 30.5. The Bertz CT molecular complexity index is 593. The van der Waals surface area contributed by atoms with Gasteiger partial charge in [0.1, 0.15) is 12.7 Å². The molecule has 1 unspecified atom stereocenters. The van der Waals surface area contributed by atoms with Crippen LogP contribution in [0.5, 0.6) is 0 Å². The number of nitrogens with zero attached hydrogens (tertiary/aromatic N) is 1. The molecule has 0 aromatic heterocycles. The van der Waals surface area contributed by atoms with Gasteiger partial charge in [-0.25, -0.2) is 0 Å². The van der Waals surface area contributed by atoms with E-state index in [0.717, 1.165) is 70.8 Å². The molecule has 0 N–H and O–H groups in total. The first-order valence-corrected chi connectivity index (χ1v) is 18.9. The van der Waals surface area contributed by atoms with Gasteiger partial charge in [-0.05, 0) is 59.2 Å². The van der Waals surface area contributed by atoms with E-state index < -0.39 is 0 Å². The summed E-state index contributed by atoms with van der Waals surface area (Å²) >= 11 is 0. The third-order valence-electron chi connectivity index (χ3n) is 8.72. The van der Waals surface area contributed by atoms with Crippen molar-refractivity contribution in [1.82, 2.24) is 4.90 Å². The van der Waals surface area contributed by atoms with Crippen LogP contribution in [0, 0.1) is 5.92 Å². The van der Waals surface area contributed by atoms with Crippen LogP contribution in [0.25, 0.3) is 0 Å². The van der Waals surface area contributed by atoms with Crippen LogP contribution >= 0.6 is 0 Å². The van der Waals surface area contributed by atoms with Gasteiger partial charge in [0.15, 0.2) is 0 Å².